The highest BCUT2D eigenvalue weighted by Crippen LogP contribution is 2.25. The highest BCUT2D eigenvalue weighted by Gasteiger charge is 2.09. The Morgan fingerprint density at radius 2 is 1.89 bits per heavy atom. The van der Waals surface area contributed by atoms with Crippen LogP contribution in [0, 0.1) is 0 Å². The second-order valence-corrected chi connectivity index (χ2v) is 6.86. The molecule has 1 heterocycles. The molecule has 1 unspecified atom stereocenters. The van der Waals surface area contributed by atoms with Crippen LogP contribution in [0.5, 0.6) is 0 Å². The fourth-order valence-electron chi connectivity index (χ4n) is 1.86. The van der Waals surface area contributed by atoms with Crippen molar-refractivity contribution in [1.29, 1.82) is 0 Å². The lowest BCUT2D eigenvalue weighted by molar-refractivity contribution is 0.521. The highest BCUT2D eigenvalue weighted by molar-refractivity contribution is 9.10. The lowest BCUT2D eigenvalue weighted by Gasteiger charge is -2.17. The Kier molecular flexibility index (Phi) is 5.42. The van der Waals surface area contributed by atoms with Crippen molar-refractivity contribution < 1.29 is 0 Å². The number of rotatable bonds is 5. The minimum Gasteiger partial charge on any atom is -0.305 e. The van der Waals surface area contributed by atoms with E-state index in [2.05, 4.69) is 79.8 Å². The first-order valence-corrected chi connectivity index (χ1v) is 8.38. The van der Waals surface area contributed by atoms with Crippen LogP contribution < -0.4 is 5.32 Å². The summed E-state index contributed by atoms with van der Waals surface area (Å²) in [6.07, 6.45) is 1.09. The molecular formula is C14H15Br2NS. The van der Waals surface area contributed by atoms with Crippen LogP contribution in [0.15, 0.2) is 44.7 Å². The monoisotopic (exact) mass is 387 g/mol. The second-order valence-electron chi connectivity index (χ2n) is 4.09. The van der Waals surface area contributed by atoms with Crippen molar-refractivity contribution in [3.63, 3.8) is 0 Å². The van der Waals surface area contributed by atoms with Crippen molar-refractivity contribution >= 4 is 43.2 Å². The number of nitrogens with one attached hydrogen (secondary N) is 1. The van der Waals surface area contributed by atoms with Gasteiger partial charge in [0.2, 0.25) is 0 Å². The van der Waals surface area contributed by atoms with Crippen LogP contribution in [0.2, 0.25) is 0 Å². The van der Waals surface area contributed by atoms with E-state index >= 15 is 0 Å². The maximum Gasteiger partial charge on any atom is 0.0327 e. The van der Waals surface area contributed by atoms with Gasteiger partial charge in [-0.05, 0) is 51.5 Å². The van der Waals surface area contributed by atoms with Gasteiger partial charge in [-0.2, -0.15) is 0 Å². The molecule has 0 aliphatic heterocycles. The highest BCUT2D eigenvalue weighted by atomic mass is 79.9. The fraction of sp³-hybridized carbons (Fsp3) is 0.286. The van der Waals surface area contributed by atoms with Crippen molar-refractivity contribution in [2.24, 2.45) is 0 Å². The normalized spacial score (nSPS) is 12.6. The van der Waals surface area contributed by atoms with E-state index in [0.717, 1.165) is 17.4 Å². The quantitative estimate of drug-likeness (QED) is 0.711. The van der Waals surface area contributed by atoms with Gasteiger partial charge in [-0.3, -0.25) is 0 Å². The molecule has 1 aromatic carbocycles. The van der Waals surface area contributed by atoms with E-state index in [4.69, 9.17) is 0 Å². The molecule has 0 aliphatic carbocycles. The summed E-state index contributed by atoms with van der Waals surface area (Å²) in [5, 5.41) is 5.73. The van der Waals surface area contributed by atoms with Crippen molar-refractivity contribution in [2.45, 2.75) is 25.9 Å². The Morgan fingerprint density at radius 3 is 2.44 bits per heavy atom. The first-order valence-electron chi connectivity index (χ1n) is 5.91. The summed E-state index contributed by atoms with van der Waals surface area (Å²) in [7, 11) is 0. The number of hydrogen-bond acceptors (Lipinski definition) is 2. The summed E-state index contributed by atoms with van der Waals surface area (Å²) in [5.41, 5.74) is 1.34. The van der Waals surface area contributed by atoms with Crippen molar-refractivity contribution in [3.05, 3.63) is 55.1 Å². The molecule has 0 bridgehead atoms. The third-order valence-electron chi connectivity index (χ3n) is 2.88. The zero-order chi connectivity index (χ0) is 13.0. The van der Waals surface area contributed by atoms with Gasteiger partial charge in [0.25, 0.3) is 0 Å². The van der Waals surface area contributed by atoms with E-state index in [1.807, 2.05) is 0 Å². The molecule has 0 radical (unpaired) electrons. The molecule has 1 aromatic heterocycles. The van der Waals surface area contributed by atoms with Crippen molar-refractivity contribution in [3.8, 4) is 0 Å². The zero-order valence-electron chi connectivity index (χ0n) is 10.1. The lowest BCUT2D eigenvalue weighted by Crippen LogP contribution is -2.19. The van der Waals surface area contributed by atoms with Crippen LogP contribution in [0.4, 0.5) is 0 Å². The van der Waals surface area contributed by atoms with E-state index in [-0.39, 0.29) is 0 Å². The summed E-state index contributed by atoms with van der Waals surface area (Å²) in [5.74, 6) is 0. The number of thiophene rings is 1. The average Bonchev–Trinajstić information content (AvgIpc) is 2.78. The molecular weight excluding hydrogens is 374 g/mol. The third-order valence-corrected chi connectivity index (χ3v) is 5.34. The zero-order valence-corrected chi connectivity index (χ0v) is 14.1. The molecule has 0 amide bonds. The molecule has 0 saturated heterocycles. The first-order chi connectivity index (χ1) is 8.70. The Morgan fingerprint density at radius 1 is 1.17 bits per heavy atom. The van der Waals surface area contributed by atoms with Crippen molar-refractivity contribution in [2.75, 3.05) is 0 Å². The molecule has 0 aliphatic rings. The van der Waals surface area contributed by atoms with E-state index in [0.29, 0.717) is 6.04 Å². The maximum absolute atomic E-state index is 3.61. The molecule has 2 aromatic rings. The molecule has 18 heavy (non-hydrogen) atoms. The van der Waals surface area contributed by atoms with Gasteiger partial charge in [0.15, 0.2) is 0 Å². The molecule has 0 fully saturated rings. The molecule has 1 nitrogen and oxygen atoms in total. The fourth-order valence-corrected chi connectivity index (χ4v) is 3.57. The molecule has 4 heteroatoms. The number of hydrogen-bond donors (Lipinski definition) is 1. The topological polar surface area (TPSA) is 12.0 Å². The molecule has 1 atom stereocenters. The minimum atomic E-state index is 0.409. The standard InChI is InChI=1S/C14H15Br2NS/c1-2-13(10-3-5-11(15)6-4-10)17-9-14-12(16)7-8-18-14/h3-8,13,17H,2,9H2,1H3. The number of halogens is 2. The van der Waals surface area contributed by atoms with Gasteiger partial charge in [0.05, 0.1) is 0 Å². The molecule has 96 valence electrons. The Bertz CT molecular complexity index is 493. The maximum atomic E-state index is 3.61. The Labute approximate surface area is 129 Å². The largest absolute Gasteiger partial charge is 0.305 e. The van der Waals surface area contributed by atoms with Gasteiger partial charge < -0.3 is 5.32 Å². The summed E-state index contributed by atoms with van der Waals surface area (Å²) < 4.78 is 2.33. The van der Waals surface area contributed by atoms with Gasteiger partial charge in [-0.15, -0.1) is 11.3 Å². The third kappa shape index (κ3) is 3.67. The van der Waals surface area contributed by atoms with Crippen LogP contribution in [-0.2, 0) is 6.54 Å². The molecule has 0 spiro atoms. The van der Waals surface area contributed by atoms with Gasteiger partial charge in [-0.25, -0.2) is 0 Å². The summed E-state index contributed by atoms with van der Waals surface area (Å²) >= 11 is 8.82. The van der Waals surface area contributed by atoms with Gasteiger partial charge in [0, 0.05) is 26.4 Å². The lowest BCUT2D eigenvalue weighted by atomic mass is 10.0. The predicted octanol–water partition coefficient (Wildman–Crippen LogP) is 5.51. The summed E-state index contributed by atoms with van der Waals surface area (Å²) in [6, 6.07) is 11.1. The van der Waals surface area contributed by atoms with Gasteiger partial charge in [-0.1, -0.05) is 35.0 Å². The van der Waals surface area contributed by atoms with Crippen LogP contribution in [0.3, 0.4) is 0 Å². The SMILES string of the molecule is CCC(NCc1sccc1Br)c1ccc(Br)cc1. The average molecular weight is 389 g/mol. The van der Waals surface area contributed by atoms with E-state index in [9.17, 15) is 0 Å². The summed E-state index contributed by atoms with van der Waals surface area (Å²) in [6.45, 7) is 3.12. The van der Waals surface area contributed by atoms with E-state index in [1.165, 1.54) is 14.9 Å². The Hall–Kier alpha value is -0.160. The first kappa shape index (κ1) is 14.3. The van der Waals surface area contributed by atoms with Crippen molar-refractivity contribution in [1.82, 2.24) is 5.32 Å². The van der Waals surface area contributed by atoms with Gasteiger partial charge >= 0.3 is 0 Å². The van der Waals surface area contributed by atoms with E-state index in [1.54, 1.807) is 11.3 Å². The van der Waals surface area contributed by atoms with E-state index < -0.39 is 0 Å². The smallest absolute Gasteiger partial charge is 0.0327 e. The van der Waals surface area contributed by atoms with Gasteiger partial charge in [0.1, 0.15) is 0 Å². The predicted molar refractivity (Wildman–Crippen MR) is 86.0 cm³/mol. The second kappa shape index (κ2) is 6.85. The van der Waals surface area contributed by atoms with Crippen LogP contribution in [-0.4, -0.2) is 0 Å². The number of benzene rings is 1. The molecule has 0 saturated carbocycles. The molecule has 2 rings (SSSR count). The Balaban J connectivity index is 2.01. The van der Waals surface area contributed by atoms with Crippen LogP contribution in [0.25, 0.3) is 0 Å². The van der Waals surface area contributed by atoms with Crippen LogP contribution in [0.1, 0.15) is 29.8 Å². The molecule has 1 N–H and O–H groups in total. The van der Waals surface area contributed by atoms with Crippen LogP contribution >= 0.6 is 43.2 Å². The minimum absolute atomic E-state index is 0.409. The summed E-state index contributed by atoms with van der Waals surface area (Å²) in [4.78, 5) is 1.35.